The molecule has 1 saturated heterocycles. The first-order chi connectivity index (χ1) is 13.8. The van der Waals surface area contributed by atoms with Gasteiger partial charge in [-0.1, -0.05) is 23.2 Å². The summed E-state index contributed by atoms with van der Waals surface area (Å²) < 4.78 is 20.0. The van der Waals surface area contributed by atoms with E-state index in [1.165, 1.54) is 6.07 Å². The molecule has 0 bridgehead atoms. The number of nitrogens with zero attached hydrogens (tertiary/aromatic N) is 1. The van der Waals surface area contributed by atoms with Crippen LogP contribution in [0.4, 0.5) is 15.8 Å². The van der Waals surface area contributed by atoms with Gasteiger partial charge in [0.25, 0.3) is 0 Å². The number of carbonyl (C=O) groups excluding carboxylic acids is 1. The quantitative estimate of drug-likeness (QED) is 0.680. The fourth-order valence-electron chi connectivity index (χ4n) is 3.68. The first-order valence-corrected chi connectivity index (χ1v) is 9.87. The van der Waals surface area contributed by atoms with E-state index in [0.717, 1.165) is 0 Å². The average Bonchev–Trinajstić information content (AvgIpc) is 3.06. The molecule has 0 unspecified atom stereocenters. The van der Waals surface area contributed by atoms with Crippen molar-refractivity contribution in [2.24, 2.45) is 0 Å². The van der Waals surface area contributed by atoms with E-state index in [1.54, 1.807) is 29.2 Å². The molecule has 0 saturated carbocycles. The molecule has 6 nitrogen and oxygen atoms in total. The molecule has 0 spiro atoms. The van der Waals surface area contributed by atoms with Crippen molar-refractivity contribution < 1.29 is 24.1 Å². The third kappa shape index (κ3) is 3.88. The van der Waals surface area contributed by atoms with Gasteiger partial charge in [-0.05, 0) is 36.8 Å². The van der Waals surface area contributed by atoms with Crippen LogP contribution in [0.2, 0.25) is 10.0 Å². The first kappa shape index (κ1) is 20.2. The Morgan fingerprint density at radius 2 is 2.10 bits per heavy atom. The Balaban J connectivity index is 1.46. The molecule has 2 aliphatic heterocycles. The minimum Gasteiger partial charge on any atom is -0.490 e. The van der Waals surface area contributed by atoms with Gasteiger partial charge in [-0.25, -0.2) is 4.39 Å². The van der Waals surface area contributed by atoms with Crippen LogP contribution in [-0.2, 0) is 11.2 Å². The number of fused-ring (bicyclic) bond motifs is 1. The number of nitrogens with one attached hydrogen (secondary N) is 1. The summed E-state index contributed by atoms with van der Waals surface area (Å²) in [5, 5.41) is 24.8. The number of aliphatic hydroxyl groups excluding tert-OH is 1. The summed E-state index contributed by atoms with van der Waals surface area (Å²) >= 11 is 11.9. The van der Waals surface area contributed by atoms with E-state index < -0.39 is 17.5 Å². The number of piperidine rings is 1. The lowest BCUT2D eigenvalue weighted by Gasteiger charge is -2.42. The van der Waals surface area contributed by atoms with Gasteiger partial charge >= 0.3 is 0 Å². The second-order valence-corrected chi connectivity index (χ2v) is 8.17. The summed E-state index contributed by atoms with van der Waals surface area (Å²) in [4.78, 5) is 13.3. The van der Waals surface area contributed by atoms with Gasteiger partial charge in [0.2, 0.25) is 5.91 Å². The van der Waals surface area contributed by atoms with Crippen LogP contribution in [0.15, 0.2) is 30.3 Å². The van der Waals surface area contributed by atoms with Gasteiger partial charge in [-0.2, -0.15) is 0 Å². The van der Waals surface area contributed by atoms with Crippen molar-refractivity contribution >= 4 is 40.5 Å². The van der Waals surface area contributed by atoms with E-state index in [-0.39, 0.29) is 36.9 Å². The number of benzene rings is 2. The van der Waals surface area contributed by atoms with Crippen molar-refractivity contribution in [3.63, 3.8) is 0 Å². The van der Waals surface area contributed by atoms with Crippen LogP contribution < -0.4 is 15.0 Å². The highest BCUT2D eigenvalue weighted by Gasteiger charge is 2.42. The summed E-state index contributed by atoms with van der Waals surface area (Å²) in [7, 11) is 0. The maximum Gasteiger partial charge on any atom is 0.229 e. The molecule has 2 heterocycles. The zero-order valence-electron chi connectivity index (χ0n) is 15.3. The zero-order chi connectivity index (χ0) is 20.8. The van der Waals surface area contributed by atoms with Crippen LogP contribution >= 0.6 is 23.2 Å². The number of halogens is 3. The predicted molar refractivity (Wildman–Crippen MR) is 108 cm³/mol. The SMILES string of the molecule is O=C1Cc2c(OC[C@]3(O)CCN(c4ccc(Cl)cc4F)C[C@H]3O)ccc(Cl)c2N1. The smallest absolute Gasteiger partial charge is 0.229 e. The predicted octanol–water partition coefficient (Wildman–Crippen LogP) is 3.01. The summed E-state index contributed by atoms with van der Waals surface area (Å²) in [5.41, 5.74) is -0.0605. The Kier molecular flexibility index (Phi) is 5.33. The van der Waals surface area contributed by atoms with Crippen LogP contribution in [0.25, 0.3) is 0 Å². The van der Waals surface area contributed by atoms with E-state index >= 15 is 0 Å². The monoisotopic (exact) mass is 440 g/mol. The van der Waals surface area contributed by atoms with Gasteiger partial charge < -0.3 is 25.2 Å². The number of aliphatic hydroxyl groups is 2. The molecule has 9 heteroatoms. The van der Waals surface area contributed by atoms with Gasteiger partial charge in [0.1, 0.15) is 29.9 Å². The van der Waals surface area contributed by atoms with E-state index in [0.29, 0.717) is 34.3 Å². The number of anilines is 2. The van der Waals surface area contributed by atoms with E-state index in [9.17, 15) is 19.4 Å². The van der Waals surface area contributed by atoms with Crippen molar-refractivity contribution in [2.75, 3.05) is 29.9 Å². The third-order valence-electron chi connectivity index (χ3n) is 5.38. The van der Waals surface area contributed by atoms with Crippen LogP contribution in [0.1, 0.15) is 12.0 Å². The maximum atomic E-state index is 14.2. The van der Waals surface area contributed by atoms with Crippen LogP contribution in [0.5, 0.6) is 5.75 Å². The number of rotatable bonds is 4. The summed E-state index contributed by atoms with van der Waals surface area (Å²) in [6.07, 6.45) is -0.856. The minimum atomic E-state index is -1.51. The number of ether oxygens (including phenoxy) is 1. The molecule has 29 heavy (non-hydrogen) atoms. The van der Waals surface area contributed by atoms with Gasteiger partial charge in [0.05, 0.1) is 22.8 Å². The first-order valence-electron chi connectivity index (χ1n) is 9.11. The van der Waals surface area contributed by atoms with E-state index in [4.69, 9.17) is 27.9 Å². The zero-order valence-corrected chi connectivity index (χ0v) is 16.8. The van der Waals surface area contributed by atoms with Crippen molar-refractivity contribution in [2.45, 2.75) is 24.5 Å². The normalized spacial score (nSPS) is 23.7. The standard InChI is InChI=1S/C20H19Cl2FN2O4/c21-11-1-3-15(14(23)7-11)25-6-5-20(28,17(26)9-25)10-29-16-4-2-13(22)19-12(16)8-18(27)24-19/h1-4,7,17,26,28H,5-6,8-10H2,(H,24,27)/t17-,20-/m1/s1. The largest absolute Gasteiger partial charge is 0.490 e. The van der Waals surface area contributed by atoms with Crippen LogP contribution in [-0.4, -0.2) is 47.5 Å². The van der Waals surface area contributed by atoms with E-state index in [2.05, 4.69) is 5.32 Å². The van der Waals surface area contributed by atoms with E-state index in [1.807, 2.05) is 0 Å². The number of hydrogen-bond acceptors (Lipinski definition) is 5. The molecule has 2 aromatic rings. The Labute approximate surface area is 176 Å². The highest BCUT2D eigenvalue weighted by Crippen LogP contribution is 2.38. The summed E-state index contributed by atoms with van der Waals surface area (Å²) in [6, 6.07) is 7.58. The van der Waals surface area contributed by atoms with Gasteiger partial charge in [0.15, 0.2) is 0 Å². The van der Waals surface area contributed by atoms with Crippen molar-refractivity contribution in [3.8, 4) is 5.75 Å². The van der Waals surface area contributed by atoms with Crippen LogP contribution in [0.3, 0.4) is 0 Å². The van der Waals surface area contributed by atoms with Crippen LogP contribution in [0, 0.1) is 5.82 Å². The maximum absolute atomic E-state index is 14.2. The molecule has 1 fully saturated rings. The second-order valence-electron chi connectivity index (χ2n) is 7.32. The van der Waals surface area contributed by atoms with Crippen molar-refractivity contribution in [3.05, 3.63) is 51.8 Å². The molecule has 154 valence electrons. The van der Waals surface area contributed by atoms with Gasteiger partial charge in [-0.15, -0.1) is 0 Å². The molecule has 4 rings (SSSR count). The fourth-order valence-corrected chi connectivity index (χ4v) is 4.07. The Hall–Kier alpha value is -2.06. The lowest BCUT2D eigenvalue weighted by atomic mass is 9.89. The number of carbonyl (C=O) groups is 1. The Morgan fingerprint density at radius 3 is 2.83 bits per heavy atom. The highest BCUT2D eigenvalue weighted by molar-refractivity contribution is 6.34. The lowest BCUT2D eigenvalue weighted by Crippen LogP contribution is -2.58. The molecular formula is C20H19Cl2FN2O4. The number of hydrogen-bond donors (Lipinski definition) is 3. The molecule has 0 radical (unpaired) electrons. The molecule has 1 amide bonds. The summed E-state index contributed by atoms with van der Waals surface area (Å²) in [6.45, 7) is 0.193. The lowest BCUT2D eigenvalue weighted by molar-refractivity contribution is -0.115. The average molecular weight is 441 g/mol. The van der Waals surface area contributed by atoms with Gasteiger partial charge in [0, 0.05) is 23.7 Å². The molecule has 2 aromatic carbocycles. The molecule has 3 N–H and O–H groups in total. The summed E-state index contributed by atoms with van der Waals surface area (Å²) in [5.74, 6) is -0.246. The Bertz CT molecular complexity index is 974. The Morgan fingerprint density at radius 1 is 1.31 bits per heavy atom. The van der Waals surface area contributed by atoms with Crippen molar-refractivity contribution in [1.29, 1.82) is 0 Å². The third-order valence-corrected chi connectivity index (χ3v) is 5.93. The molecular weight excluding hydrogens is 422 g/mol. The second kappa shape index (κ2) is 7.65. The van der Waals surface area contributed by atoms with Crippen molar-refractivity contribution in [1.82, 2.24) is 0 Å². The molecule has 2 atom stereocenters. The molecule has 0 aromatic heterocycles. The molecule has 0 aliphatic carbocycles. The number of amides is 1. The minimum absolute atomic E-state index is 0.0389. The molecule has 2 aliphatic rings. The topological polar surface area (TPSA) is 82.0 Å². The number of β-amino-alcohol motifs (C(OH)–C–C–N with tert-alkyl or cyclic N) is 1. The fraction of sp³-hybridized carbons (Fsp3) is 0.350. The van der Waals surface area contributed by atoms with Gasteiger partial charge in [-0.3, -0.25) is 4.79 Å². The highest BCUT2D eigenvalue weighted by atomic mass is 35.5.